The minimum Gasteiger partial charge on any atom is -0.384 e. The molecule has 0 fully saturated rings. The molecular weight excluding hydrogens is 186 g/mol. The average molecular weight is 209 g/mol. The Bertz CT molecular complexity index is 311. The van der Waals surface area contributed by atoms with Gasteiger partial charge in [0, 0.05) is 18.9 Å². The van der Waals surface area contributed by atoms with Crippen molar-refractivity contribution in [3.63, 3.8) is 0 Å². The van der Waals surface area contributed by atoms with Crippen molar-refractivity contribution in [2.45, 2.75) is 59.4 Å². The molecule has 15 heavy (non-hydrogen) atoms. The van der Waals surface area contributed by atoms with Crippen molar-refractivity contribution in [2.75, 3.05) is 5.73 Å². The molecule has 2 N–H and O–H groups in total. The molecule has 0 aromatic carbocycles. The Morgan fingerprint density at radius 1 is 1.20 bits per heavy atom. The molecule has 0 amide bonds. The van der Waals surface area contributed by atoms with E-state index < -0.39 is 0 Å². The van der Waals surface area contributed by atoms with Gasteiger partial charge in [-0.1, -0.05) is 20.8 Å². The molecule has 1 rings (SSSR count). The van der Waals surface area contributed by atoms with E-state index in [0.717, 1.165) is 43.1 Å². The molecule has 0 spiro atoms. The normalized spacial score (nSPS) is 11.3. The summed E-state index contributed by atoms with van der Waals surface area (Å²) in [7, 11) is 0. The predicted octanol–water partition coefficient (Wildman–Crippen LogP) is 2.95. The van der Waals surface area contributed by atoms with Gasteiger partial charge in [0.25, 0.3) is 0 Å². The minimum atomic E-state index is 0.517. The van der Waals surface area contributed by atoms with Crippen LogP contribution in [0, 0.1) is 0 Å². The maximum absolute atomic E-state index is 6.14. The van der Waals surface area contributed by atoms with Crippen LogP contribution in [0.1, 0.15) is 58.0 Å². The molecule has 0 saturated heterocycles. The Morgan fingerprint density at radius 2 is 1.80 bits per heavy atom. The Morgan fingerprint density at radius 3 is 2.13 bits per heavy atom. The molecule has 1 aromatic rings. The molecule has 0 aliphatic heterocycles. The molecule has 0 radical (unpaired) electrons. The number of aryl methyl sites for hydroxylation is 1. The third-order valence-electron chi connectivity index (χ3n) is 3.12. The summed E-state index contributed by atoms with van der Waals surface area (Å²) in [5, 5.41) is 0. The molecule has 1 aromatic heterocycles. The van der Waals surface area contributed by atoms with E-state index in [4.69, 9.17) is 5.73 Å². The number of nitrogens with zero attached hydrogens (tertiary/aromatic N) is 2. The zero-order valence-electron chi connectivity index (χ0n) is 10.4. The summed E-state index contributed by atoms with van der Waals surface area (Å²) in [5.41, 5.74) is 7.25. The lowest BCUT2D eigenvalue weighted by molar-refractivity contribution is 0.627. The highest BCUT2D eigenvalue weighted by Crippen LogP contribution is 2.28. The van der Waals surface area contributed by atoms with E-state index in [-0.39, 0.29) is 0 Å². The molecule has 0 atom stereocenters. The van der Waals surface area contributed by atoms with E-state index in [1.807, 2.05) is 0 Å². The third kappa shape index (κ3) is 2.16. The van der Waals surface area contributed by atoms with Crippen molar-refractivity contribution in [2.24, 2.45) is 0 Å². The zero-order valence-corrected chi connectivity index (χ0v) is 10.4. The van der Waals surface area contributed by atoms with Gasteiger partial charge in [-0.15, -0.1) is 0 Å². The smallest absolute Gasteiger partial charge is 0.127 e. The molecule has 3 nitrogen and oxygen atoms in total. The number of hydrogen-bond donors (Lipinski definition) is 1. The van der Waals surface area contributed by atoms with Crippen molar-refractivity contribution in [3.8, 4) is 0 Å². The van der Waals surface area contributed by atoms with Crippen LogP contribution in [0.5, 0.6) is 0 Å². The van der Waals surface area contributed by atoms with E-state index in [1.54, 1.807) is 0 Å². The number of imidazole rings is 1. The Balaban J connectivity index is 3.13. The van der Waals surface area contributed by atoms with E-state index in [9.17, 15) is 0 Å². The molecule has 3 heteroatoms. The fourth-order valence-electron chi connectivity index (χ4n) is 2.13. The van der Waals surface area contributed by atoms with Crippen molar-refractivity contribution in [1.29, 1.82) is 0 Å². The van der Waals surface area contributed by atoms with E-state index in [2.05, 4.69) is 37.2 Å². The van der Waals surface area contributed by atoms with Crippen molar-refractivity contribution < 1.29 is 0 Å². The summed E-state index contributed by atoms with van der Waals surface area (Å²) in [4.78, 5) is 4.68. The summed E-state index contributed by atoms with van der Waals surface area (Å²) in [6, 6.07) is 0. The predicted molar refractivity (Wildman–Crippen MR) is 65.0 cm³/mol. The van der Waals surface area contributed by atoms with Crippen LogP contribution in [-0.4, -0.2) is 9.55 Å². The molecule has 86 valence electrons. The first-order valence-electron chi connectivity index (χ1n) is 6.04. The summed E-state index contributed by atoms with van der Waals surface area (Å²) in [5.74, 6) is 2.52. The largest absolute Gasteiger partial charge is 0.384 e. The van der Waals surface area contributed by atoms with Gasteiger partial charge in [-0.25, -0.2) is 4.98 Å². The number of nitrogen functional groups attached to an aromatic ring is 1. The number of aromatic nitrogens is 2. The maximum Gasteiger partial charge on any atom is 0.127 e. The highest BCUT2D eigenvalue weighted by atomic mass is 15.1. The minimum absolute atomic E-state index is 0.517. The first-order valence-corrected chi connectivity index (χ1v) is 6.04. The van der Waals surface area contributed by atoms with Crippen LogP contribution >= 0.6 is 0 Å². The van der Waals surface area contributed by atoms with Crippen LogP contribution in [-0.2, 0) is 13.0 Å². The van der Waals surface area contributed by atoms with Crippen LogP contribution in [0.3, 0.4) is 0 Å². The van der Waals surface area contributed by atoms with Gasteiger partial charge in [0.1, 0.15) is 11.6 Å². The van der Waals surface area contributed by atoms with Crippen LogP contribution in [0.15, 0.2) is 0 Å². The number of nitrogens with two attached hydrogens (primary N) is 1. The second-order valence-electron chi connectivity index (χ2n) is 3.91. The summed E-state index contributed by atoms with van der Waals surface area (Å²) < 4.78 is 2.13. The van der Waals surface area contributed by atoms with Crippen LogP contribution in [0.4, 0.5) is 5.82 Å². The first-order chi connectivity index (χ1) is 7.19. The van der Waals surface area contributed by atoms with E-state index in [0.29, 0.717) is 5.92 Å². The van der Waals surface area contributed by atoms with Crippen LogP contribution < -0.4 is 5.73 Å². The highest BCUT2D eigenvalue weighted by molar-refractivity contribution is 5.40. The Kier molecular flexibility index (Phi) is 4.18. The maximum atomic E-state index is 6.14. The van der Waals surface area contributed by atoms with Crippen molar-refractivity contribution in [3.05, 3.63) is 11.5 Å². The molecule has 0 bridgehead atoms. The monoisotopic (exact) mass is 209 g/mol. The topological polar surface area (TPSA) is 43.8 Å². The van der Waals surface area contributed by atoms with Crippen LogP contribution in [0.2, 0.25) is 0 Å². The molecule has 0 saturated carbocycles. The van der Waals surface area contributed by atoms with E-state index >= 15 is 0 Å². The number of rotatable bonds is 5. The number of anilines is 1. The van der Waals surface area contributed by atoms with Gasteiger partial charge in [0.15, 0.2) is 0 Å². The fraction of sp³-hybridized carbons (Fsp3) is 0.750. The third-order valence-corrected chi connectivity index (χ3v) is 3.12. The van der Waals surface area contributed by atoms with Gasteiger partial charge in [0.05, 0.1) is 5.69 Å². The van der Waals surface area contributed by atoms with Gasteiger partial charge in [-0.2, -0.15) is 0 Å². The molecule has 0 aliphatic rings. The van der Waals surface area contributed by atoms with Gasteiger partial charge >= 0.3 is 0 Å². The molecular formula is C12H23N3. The zero-order chi connectivity index (χ0) is 11.4. The second-order valence-corrected chi connectivity index (χ2v) is 3.91. The average Bonchev–Trinajstić information content (AvgIpc) is 2.57. The summed E-state index contributed by atoms with van der Waals surface area (Å²) >= 11 is 0. The first kappa shape index (κ1) is 12.1. The summed E-state index contributed by atoms with van der Waals surface area (Å²) in [6.45, 7) is 9.56. The van der Waals surface area contributed by atoms with Gasteiger partial charge < -0.3 is 10.3 Å². The molecule has 0 aliphatic carbocycles. The lowest BCUT2D eigenvalue weighted by Gasteiger charge is -2.10. The lowest BCUT2D eigenvalue weighted by Crippen LogP contribution is -2.06. The Hall–Kier alpha value is -0.990. The summed E-state index contributed by atoms with van der Waals surface area (Å²) in [6.07, 6.45) is 3.19. The molecule has 0 unspecified atom stereocenters. The fourth-order valence-corrected chi connectivity index (χ4v) is 2.13. The van der Waals surface area contributed by atoms with Crippen molar-refractivity contribution in [1.82, 2.24) is 9.55 Å². The molecule has 1 heterocycles. The van der Waals surface area contributed by atoms with E-state index in [1.165, 1.54) is 0 Å². The standard InChI is InChI=1S/C12H23N3/c1-5-9(6-2)11-12(13)15(8-4)10(7-3)14-11/h9H,5-8,13H2,1-4H3. The quantitative estimate of drug-likeness (QED) is 0.810. The highest BCUT2D eigenvalue weighted by Gasteiger charge is 2.18. The van der Waals surface area contributed by atoms with Gasteiger partial charge in [-0.3, -0.25) is 0 Å². The Labute approximate surface area is 92.7 Å². The number of hydrogen-bond acceptors (Lipinski definition) is 2. The second kappa shape index (κ2) is 5.19. The SMILES string of the molecule is CCc1nc(C(CC)CC)c(N)n1CC. The van der Waals surface area contributed by atoms with Crippen molar-refractivity contribution >= 4 is 5.82 Å². The van der Waals surface area contributed by atoms with Crippen LogP contribution in [0.25, 0.3) is 0 Å². The van der Waals surface area contributed by atoms with Gasteiger partial charge in [0.2, 0.25) is 0 Å². The lowest BCUT2D eigenvalue weighted by atomic mass is 9.99. The van der Waals surface area contributed by atoms with Gasteiger partial charge in [-0.05, 0) is 19.8 Å².